The number of benzene rings is 1. The van der Waals surface area contributed by atoms with Gasteiger partial charge in [0, 0.05) is 5.56 Å². The van der Waals surface area contributed by atoms with Crippen LogP contribution in [0.25, 0.3) is 0 Å². The van der Waals surface area contributed by atoms with Gasteiger partial charge in [-0.15, -0.1) is 0 Å². The number of isocyanates is 1. The first-order chi connectivity index (χ1) is 7.10. The van der Waals surface area contributed by atoms with Crippen LogP contribution < -0.4 is 0 Å². The highest BCUT2D eigenvalue weighted by atomic mass is 35.5. The molecule has 3 nitrogen and oxygen atoms in total. The lowest BCUT2D eigenvalue weighted by atomic mass is 10.0. The molecule has 1 saturated carbocycles. The van der Waals surface area contributed by atoms with Gasteiger partial charge in [0.05, 0.1) is 0 Å². The van der Waals surface area contributed by atoms with Crippen LogP contribution >= 0.6 is 11.6 Å². The number of halogens is 2. The van der Waals surface area contributed by atoms with Crippen molar-refractivity contribution in [3.05, 3.63) is 28.5 Å². The number of hydrogen-bond acceptors (Lipinski definition) is 3. The van der Waals surface area contributed by atoms with Gasteiger partial charge in [-0.1, -0.05) is 11.6 Å². The molecular formula is C10H7ClFNO2. The quantitative estimate of drug-likeness (QED) is 0.623. The van der Waals surface area contributed by atoms with Crippen molar-refractivity contribution < 1.29 is 14.3 Å². The molecule has 0 aliphatic heterocycles. The van der Waals surface area contributed by atoms with Gasteiger partial charge in [0.2, 0.25) is 6.08 Å². The molecule has 1 N–H and O–H groups in total. The Kier molecular flexibility index (Phi) is 2.25. The Labute approximate surface area is 90.2 Å². The highest BCUT2D eigenvalue weighted by Crippen LogP contribution is 2.51. The molecule has 1 aliphatic rings. The Balaban J connectivity index is 2.55. The first kappa shape index (κ1) is 10.1. The lowest BCUT2D eigenvalue weighted by molar-refractivity contribution is 0.466. The van der Waals surface area contributed by atoms with Crippen LogP contribution in [0.4, 0.5) is 4.39 Å². The van der Waals surface area contributed by atoms with Crippen molar-refractivity contribution in [3.63, 3.8) is 0 Å². The third-order valence-corrected chi connectivity index (χ3v) is 2.91. The smallest absolute Gasteiger partial charge is 0.235 e. The summed E-state index contributed by atoms with van der Waals surface area (Å²) in [5.41, 5.74) is -0.558. The second-order valence-electron chi connectivity index (χ2n) is 3.49. The molecule has 0 radical (unpaired) electrons. The zero-order valence-electron chi connectivity index (χ0n) is 7.63. The second-order valence-corrected chi connectivity index (χ2v) is 3.87. The summed E-state index contributed by atoms with van der Waals surface area (Å²) >= 11 is 5.55. The van der Waals surface area contributed by atoms with E-state index in [4.69, 9.17) is 16.7 Å². The van der Waals surface area contributed by atoms with Crippen molar-refractivity contribution in [3.8, 4) is 5.75 Å². The Hall–Kier alpha value is -1.38. The van der Waals surface area contributed by atoms with E-state index in [1.54, 1.807) is 0 Å². The van der Waals surface area contributed by atoms with Crippen molar-refractivity contribution in [2.75, 3.05) is 0 Å². The van der Waals surface area contributed by atoms with E-state index in [1.807, 2.05) is 0 Å². The molecule has 1 fully saturated rings. The number of hydrogen-bond donors (Lipinski definition) is 1. The number of phenolic OH excluding ortho intramolecular Hbond substituents is 1. The SMILES string of the molecule is O=C=NC1(c2ccc(O)c(Cl)c2F)CC1. The van der Waals surface area contributed by atoms with Crippen molar-refractivity contribution >= 4 is 17.7 Å². The first-order valence-electron chi connectivity index (χ1n) is 4.37. The number of carbonyl (C=O) groups excluding carboxylic acids is 1. The summed E-state index contributed by atoms with van der Waals surface area (Å²) in [7, 11) is 0. The molecular weight excluding hydrogens is 221 g/mol. The maximum atomic E-state index is 13.6. The molecule has 1 aromatic rings. The molecule has 0 bridgehead atoms. The van der Waals surface area contributed by atoms with Gasteiger partial charge < -0.3 is 5.11 Å². The molecule has 2 rings (SSSR count). The van der Waals surface area contributed by atoms with E-state index in [2.05, 4.69) is 4.99 Å². The predicted octanol–water partition coefficient (Wildman–Crippen LogP) is 2.51. The lowest BCUT2D eigenvalue weighted by Crippen LogP contribution is -2.05. The zero-order valence-corrected chi connectivity index (χ0v) is 8.38. The fourth-order valence-corrected chi connectivity index (χ4v) is 1.71. The van der Waals surface area contributed by atoms with Crippen LogP contribution in [0, 0.1) is 5.82 Å². The maximum absolute atomic E-state index is 13.6. The molecule has 0 amide bonds. The van der Waals surface area contributed by atoms with E-state index in [0.29, 0.717) is 12.8 Å². The topological polar surface area (TPSA) is 49.7 Å². The summed E-state index contributed by atoms with van der Waals surface area (Å²) in [6, 6.07) is 2.69. The molecule has 1 aliphatic carbocycles. The monoisotopic (exact) mass is 227 g/mol. The highest BCUT2D eigenvalue weighted by Gasteiger charge is 2.47. The van der Waals surface area contributed by atoms with Crippen LogP contribution in [-0.4, -0.2) is 11.2 Å². The molecule has 15 heavy (non-hydrogen) atoms. The number of rotatable bonds is 2. The van der Waals surface area contributed by atoms with Crippen molar-refractivity contribution in [2.24, 2.45) is 4.99 Å². The van der Waals surface area contributed by atoms with E-state index in [0.717, 1.165) is 0 Å². The average Bonchev–Trinajstić information content (AvgIpc) is 2.96. The van der Waals surface area contributed by atoms with Gasteiger partial charge in [-0.25, -0.2) is 9.18 Å². The molecule has 0 aromatic heterocycles. The van der Waals surface area contributed by atoms with E-state index in [1.165, 1.54) is 18.2 Å². The van der Waals surface area contributed by atoms with Gasteiger partial charge in [-0.05, 0) is 25.0 Å². The van der Waals surface area contributed by atoms with Crippen LogP contribution in [0.2, 0.25) is 5.02 Å². The standard InChI is InChI=1S/C10H7ClFNO2/c11-8-7(15)2-1-6(9(8)12)10(3-4-10)13-5-14/h1-2,15H,3-4H2. The third-order valence-electron chi connectivity index (χ3n) is 2.55. The number of nitrogens with zero attached hydrogens (tertiary/aromatic N) is 1. The summed E-state index contributed by atoms with van der Waals surface area (Å²) in [5.74, 6) is -1.03. The Bertz CT molecular complexity index is 465. The van der Waals surface area contributed by atoms with Gasteiger partial charge in [-0.3, -0.25) is 0 Å². The van der Waals surface area contributed by atoms with Gasteiger partial charge >= 0.3 is 0 Å². The van der Waals surface area contributed by atoms with Crippen LogP contribution in [0.5, 0.6) is 5.75 Å². The minimum atomic E-state index is -0.802. The molecule has 78 valence electrons. The fraction of sp³-hybridized carbons (Fsp3) is 0.300. The van der Waals surface area contributed by atoms with E-state index < -0.39 is 11.4 Å². The van der Waals surface area contributed by atoms with Crippen LogP contribution in [-0.2, 0) is 10.3 Å². The van der Waals surface area contributed by atoms with E-state index >= 15 is 0 Å². The highest BCUT2D eigenvalue weighted by molar-refractivity contribution is 6.32. The molecule has 0 unspecified atom stereocenters. The Morgan fingerprint density at radius 3 is 2.73 bits per heavy atom. The minimum Gasteiger partial charge on any atom is -0.506 e. The van der Waals surface area contributed by atoms with E-state index in [9.17, 15) is 9.18 Å². The molecule has 0 spiro atoms. The number of phenols is 1. The van der Waals surface area contributed by atoms with Crippen molar-refractivity contribution in [1.82, 2.24) is 0 Å². The fourth-order valence-electron chi connectivity index (χ4n) is 1.55. The normalized spacial score (nSPS) is 16.9. The van der Waals surface area contributed by atoms with E-state index in [-0.39, 0.29) is 16.3 Å². The maximum Gasteiger partial charge on any atom is 0.235 e. The van der Waals surface area contributed by atoms with Gasteiger partial charge in [0.25, 0.3) is 0 Å². The summed E-state index contributed by atoms with van der Waals surface area (Å²) in [6.45, 7) is 0. The first-order valence-corrected chi connectivity index (χ1v) is 4.75. The predicted molar refractivity (Wildman–Crippen MR) is 52.1 cm³/mol. The van der Waals surface area contributed by atoms with Gasteiger partial charge in [0.15, 0.2) is 5.82 Å². The van der Waals surface area contributed by atoms with Gasteiger partial charge in [0.1, 0.15) is 16.3 Å². The molecule has 0 heterocycles. The van der Waals surface area contributed by atoms with Crippen LogP contribution in [0.15, 0.2) is 17.1 Å². The second kappa shape index (κ2) is 3.33. The van der Waals surface area contributed by atoms with Crippen molar-refractivity contribution in [1.29, 1.82) is 0 Å². The molecule has 5 heteroatoms. The lowest BCUT2D eigenvalue weighted by Gasteiger charge is -2.10. The molecule has 1 aromatic carbocycles. The largest absolute Gasteiger partial charge is 0.506 e. The van der Waals surface area contributed by atoms with Crippen molar-refractivity contribution in [2.45, 2.75) is 18.4 Å². The van der Waals surface area contributed by atoms with Gasteiger partial charge in [-0.2, -0.15) is 4.99 Å². The number of aliphatic imine (C=N–C) groups is 1. The minimum absolute atomic E-state index is 0.244. The number of aromatic hydroxyl groups is 1. The zero-order chi connectivity index (χ0) is 11.1. The van der Waals surface area contributed by atoms with Crippen LogP contribution in [0.3, 0.4) is 0 Å². The Morgan fingerprint density at radius 1 is 1.53 bits per heavy atom. The third kappa shape index (κ3) is 1.52. The summed E-state index contributed by atoms with van der Waals surface area (Å²) in [6.07, 6.45) is 2.63. The summed E-state index contributed by atoms with van der Waals surface area (Å²) < 4.78 is 13.6. The molecule has 0 atom stereocenters. The molecule has 0 saturated heterocycles. The van der Waals surface area contributed by atoms with Crippen LogP contribution in [0.1, 0.15) is 18.4 Å². The summed E-state index contributed by atoms with van der Waals surface area (Å²) in [5, 5.41) is 8.83. The average molecular weight is 228 g/mol. The Morgan fingerprint density at radius 2 is 2.20 bits per heavy atom. The summed E-state index contributed by atoms with van der Waals surface area (Å²) in [4.78, 5) is 13.8.